The molecule has 1 heterocycles. The second kappa shape index (κ2) is 4.11. The summed E-state index contributed by atoms with van der Waals surface area (Å²) < 4.78 is 2.17. The Morgan fingerprint density at radius 2 is 2.07 bits per heavy atom. The van der Waals surface area contributed by atoms with Crippen LogP contribution in [0.4, 0.5) is 0 Å². The van der Waals surface area contributed by atoms with E-state index in [2.05, 4.69) is 49.4 Å². The SMILES string of the molecule is CCC(C)Cc1nncn1C(C)(C)C. The summed E-state index contributed by atoms with van der Waals surface area (Å²) in [6.45, 7) is 11.0. The Hall–Kier alpha value is -0.860. The van der Waals surface area contributed by atoms with Crippen molar-refractivity contribution < 1.29 is 0 Å². The van der Waals surface area contributed by atoms with Gasteiger partial charge in [-0.25, -0.2) is 0 Å². The van der Waals surface area contributed by atoms with Gasteiger partial charge in [-0.1, -0.05) is 20.3 Å². The Morgan fingerprint density at radius 1 is 1.43 bits per heavy atom. The number of nitrogens with zero attached hydrogens (tertiary/aromatic N) is 3. The van der Waals surface area contributed by atoms with Gasteiger partial charge in [-0.3, -0.25) is 0 Å². The standard InChI is InChI=1S/C11H21N3/c1-6-9(2)7-10-13-12-8-14(10)11(3,4)5/h8-9H,6-7H2,1-5H3. The fourth-order valence-corrected chi connectivity index (χ4v) is 1.41. The molecule has 0 aliphatic carbocycles. The summed E-state index contributed by atoms with van der Waals surface area (Å²) in [5.41, 5.74) is 0.0896. The van der Waals surface area contributed by atoms with Gasteiger partial charge in [-0.15, -0.1) is 10.2 Å². The van der Waals surface area contributed by atoms with E-state index in [1.165, 1.54) is 6.42 Å². The van der Waals surface area contributed by atoms with Gasteiger partial charge < -0.3 is 4.57 Å². The summed E-state index contributed by atoms with van der Waals surface area (Å²) in [6, 6.07) is 0. The second-order valence-corrected chi connectivity index (χ2v) is 5.01. The summed E-state index contributed by atoms with van der Waals surface area (Å²) >= 11 is 0. The third kappa shape index (κ3) is 2.56. The van der Waals surface area contributed by atoms with Crippen LogP contribution in [0.5, 0.6) is 0 Å². The maximum atomic E-state index is 4.18. The Kier molecular flexibility index (Phi) is 3.29. The van der Waals surface area contributed by atoms with E-state index in [-0.39, 0.29) is 5.54 Å². The number of hydrogen-bond acceptors (Lipinski definition) is 2. The molecule has 1 unspecified atom stereocenters. The molecule has 0 radical (unpaired) electrons. The van der Waals surface area contributed by atoms with Crippen LogP contribution in [0.25, 0.3) is 0 Å². The molecule has 0 bridgehead atoms. The van der Waals surface area contributed by atoms with Gasteiger partial charge in [0.15, 0.2) is 0 Å². The Bertz CT molecular complexity index is 283. The van der Waals surface area contributed by atoms with E-state index in [0.29, 0.717) is 5.92 Å². The maximum Gasteiger partial charge on any atom is 0.133 e. The summed E-state index contributed by atoms with van der Waals surface area (Å²) in [7, 11) is 0. The number of hydrogen-bond donors (Lipinski definition) is 0. The van der Waals surface area contributed by atoms with Crippen molar-refractivity contribution >= 4 is 0 Å². The molecule has 0 aromatic carbocycles. The largest absolute Gasteiger partial charge is 0.312 e. The van der Waals surface area contributed by atoms with Crippen molar-refractivity contribution in [2.24, 2.45) is 5.92 Å². The normalized spacial score (nSPS) is 14.4. The molecule has 1 aromatic rings. The monoisotopic (exact) mass is 195 g/mol. The van der Waals surface area contributed by atoms with Gasteiger partial charge in [0, 0.05) is 12.0 Å². The molecule has 0 saturated heterocycles. The first-order valence-electron chi connectivity index (χ1n) is 5.34. The minimum Gasteiger partial charge on any atom is -0.312 e. The van der Waals surface area contributed by atoms with Crippen molar-refractivity contribution in [1.82, 2.24) is 14.8 Å². The number of aromatic nitrogens is 3. The molecule has 0 aliphatic heterocycles. The predicted octanol–water partition coefficient (Wildman–Crippen LogP) is 2.62. The molecule has 3 heteroatoms. The molecule has 1 atom stereocenters. The highest BCUT2D eigenvalue weighted by Gasteiger charge is 2.18. The lowest BCUT2D eigenvalue weighted by Crippen LogP contribution is -2.24. The van der Waals surface area contributed by atoms with Gasteiger partial charge in [-0.05, 0) is 26.7 Å². The van der Waals surface area contributed by atoms with Crippen molar-refractivity contribution in [2.45, 2.75) is 53.0 Å². The van der Waals surface area contributed by atoms with E-state index in [1.807, 2.05) is 6.33 Å². The van der Waals surface area contributed by atoms with E-state index in [4.69, 9.17) is 0 Å². The molecule has 0 N–H and O–H groups in total. The van der Waals surface area contributed by atoms with E-state index < -0.39 is 0 Å². The van der Waals surface area contributed by atoms with Crippen molar-refractivity contribution in [3.63, 3.8) is 0 Å². The molecule has 0 amide bonds. The van der Waals surface area contributed by atoms with Crippen LogP contribution in [0.15, 0.2) is 6.33 Å². The molecule has 14 heavy (non-hydrogen) atoms. The molecule has 0 aliphatic rings. The molecular formula is C11H21N3. The first-order chi connectivity index (χ1) is 6.45. The van der Waals surface area contributed by atoms with Gasteiger partial charge in [0.1, 0.15) is 12.2 Å². The van der Waals surface area contributed by atoms with Crippen LogP contribution in [0.3, 0.4) is 0 Å². The first kappa shape index (κ1) is 11.2. The smallest absolute Gasteiger partial charge is 0.133 e. The zero-order chi connectivity index (χ0) is 10.8. The van der Waals surface area contributed by atoms with Crippen molar-refractivity contribution in [2.75, 3.05) is 0 Å². The van der Waals surface area contributed by atoms with E-state index in [0.717, 1.165) is 12.2 Å². The molecule has 80 valence electrons. The quantitative estimate of drug-likeness (QED) is 0.742. The van der Waals surface area contributed by atoms with Crippen molar-refractivity contribution in [1.29, 1.82) is 0 Å². The molecule has 1 aromatic heterocycles. The second-order valence-electron chi connectivity index (χ2n) is 5.01. The van der Waals surface area contributed by atoms with Gasteiger partial charge >= 0.3 is 0 Å². The van der Waals surface area contributed by atoms with Crippen LogP contribution in [-0.2, 0) is 12.0 Å². The molecule has 3 nitrogen and oxygen atoms in total. The van der Waals surface area contributed by atoms with Crippen LogP contribution in [0, 0.1) is 5.92 Å². The van der Waals surface area contributed by atoms with Crippen molar-refractivity contribution in [3.05, 3.63) is 12.2 Å². The minimum atomic E-state index is 0.0896. The minimum absolute atomic E-state index is 0.0896. The predicted molar refractivity (Wildman–Crippen MR) is 58.2 cm³/mol. The average molecular weight is 195 g/mol. The van der Waals surface area contributed by atoms with Crippen LogP contribution in [0.2, 0.25) is 0 Å². The highest BCUT2D eigenvalue weighted by molar-refractivity contribution is 4.93. The highest BCUT2D eigenvalue weighted by Crippen LogP contribution is 2.17. The fourth-order valence-electron chi connectivity index (χ4n) is 1.41. The van der Waals surface area contributed by atoms with Crippen LogP contribution in [0.1, 0.15) is 46.9 Å². The fraction of sp³-hybridized carbons (Fsp3) is 0.818. The average Bonchev–Trinajstić information content (AvgIpc) is 2.51. The molecule has 0 saturated carbocycles. The Morgan fingerprint density at radius 3 is 2.57 bits per heavy atom. The summed E-state index contributed by atoms with van der Waals surface area (Å²) in [5.74, 6) is 1.78. The maximum absolute atomic E-state index is 4.18. The lowest BCUT2D eigenvalue weighted by Gasteiger charge is -2.23. The van der Waals surface area contributed by atoms with E-state index in [9.17, 15) is 0 Å². The van der Waals surface area contributed by atoms with E-state index in [1.54, 1.807) is 0 Å². The zero-order valence-electron chi connectivity index (χ0n) is 9.91. The lowest BCUT2D eigenvalue weighted by atomic mass is 10.0. The summed E-state index contributed by atoms with van der Waals surface area (Å²) in [6.07, 6.45) is 4.04. The first-order valence-corrected chi connectivity index (χ1v) is 5.34. The number of rotatable bonds is 3. The van der Waals surface area contributed by atoms with Crippen LogP contribution >= 0.6 is 0 Å². The van der Waals surface area contributed by atoms with Gasteiger partial charge in [0.25, 0.3) is 0 Å². The van der Waals surface area contributed by atoms with Crippen molar-refractivity contribution in [3.8, 4) is 0 Å². The van der Waals surface area contributed by atoms with Crippen LogP contribution in [-0.4, -0.2) is 14.8 Å². The molecule has 0 fully saturated rings. The molecule has 0 spiro atoms. The van der Waals surface area contributed by atoms with Gasteiger partial charge in [0.2, 0.25) is 0 Å². The van der Waals surface area contributed by atoms with Crippen LogP contribution < -0.4 is 0 Å². The van der Waals surface area contributed by atoms with Gasteiger partial charge in [-0.2, -0.15) is 0 Å². The molecule has 1 rings (SSSR count). The van der Waals surface area contributed by atoms with Gasteiger partial charge in [0.05, 0.1) is 0 Å². The molecular weight excluding hydrogens is 174 g/mol. The van der Waals surface area contributed by atoms with E-state index >= 15 is 0 Å². The third-order valence-corrected chi connectivity index (χ3v) is 2.57. The Balaban J connectivity index is 2.83. The Labute approximate surface area is 86.5 Å². The highest BCUT2D eigenvalue weighted by atomic mass is 15.3. The summed E-state index contributed by atoms with van der Waals surface area (Å²) in [4.78, 5) is 0. The zero-order valence-corrected chi connectivity index (χ0v) is 9.91. The topological polar surface area (TPSA) is 30.7 Å². The summed E-state index contributed by atoms with van der Waals surface area (Å²) in [5, 5.41) is 8.17. The lowest BCUT2D eigenvalue weighted by molar-refractivity contribution is 0.371. The third-order valence-electron chi connectivity index (χ3n) is 2.57.